The van der Waals surface area contributed by atoms with Crippen LogP contribution in [0.2, 0.25) is 0 Å². The number of benzene rings is 1. The largest absolute Gasteiger partial charge is 0.492 e. The van der Waals surface area contributed by atoms with Crippen molar-refractivity contribution in [2.24, 2.45) is 0 Å². The van der Waals surface area contributed by atoms with Gasteiger partial charge in [0.2, 0.25) is 0 Å². The van der Waals surface area contributed by atoms with Gasteiger partial charge in [-0.1, -0.05) is 18.2 Å². The fourth-order valence-electron chi connectivity index (χ4n) is 3.42. The molecular weight excluding hydrogens is 302 g/mol. The van der Waals surface area contributed by atoms with E-state index in [2.05, 4.69) is 53.2 Å². The molecule has 0 radical (unpaired) electrons. The first kappa shape index (κ1) is 17.7. The summed E-state index contributed by atoms with van der Waals surface area (Å²) in [7, 11) is 0. The molecule has 5 nitrogen and oxygen atoms in total. The van der Waals surface area contributed by atoms with E-state index in [0.717, 1.165) is 64.8 Å². The standard InChI is InChI=1S/C19H31N3O2/c1-16-14-22(17(2)13-20-16)15-18-5-3-4-6-19(18)24-12-9-21-7-10-23-11-8-21/h3-6,16-17,20H,7-15H2,1-2H3/t16-,17+/m1/s1. The Morgan fingerprint density at radius 2 is 2.00 bits per heavy atom. The Kier molecular flexibility index (Phi) is 6.49. The predicted molar refractivity (Wildman–Crippen MR) is 96.5 cm³/mol. The number of nitrogens with zero attached hydrogens (tertiary/aromatic N) is 2. The maximum absolute atomic E-state index is 6.12. The van der Waals surface area contributed by atoms with E-state index in [9.17, 15) is 0 Å². The van der Waals surface area contributed by atoms with Crippen molar-refractivity contribution in [2.75, 3.05) is 52.5 Å². The van der Waals surface area contributed by atoms with Gasteiger partial charge >= 0.3 is 0 Å². The van der Waals surface area contributed by atoms with Crippen molar-refractivity contribution in [1.82, 2.24) is 15.1 Å². The molecule has 2 aliphatic heterocycles. The maximum atomic E-state index is 6.12. The summed E-state index contributed by atoms with van der Waals surface area (Å²) < 4.78 is 11.5. The van der Waals surface area contributed by atoms with Crippen molar-refractivity contribution < 1.29 is 9.47 Å². The Hall–Kier alpha value is -1.14. The Labute approximate surface area is 145 Å². The summed E-state index contributed by atoms with van der Waals surface area (Å²) >= 11 is 0. The number of piperazine rings is 1. The summed E-state index contributed by atoms with van der Waals surface area (Å²) in [5.41, 5.74) is 1.29. The number of hydrogen-bond donors (Lipinski definition) is 1. The Morgan fingerprint density at radius 3 is 2.83 bits per heavy atom. The molecule has 2 heterocycles. The van der Waals surface area contributed by atoms with Gasteiger partial charge in [0, 0.05) is 56.9 Å². The number of hydrogen-bond acceptors (Lipinski definition) is 5. The first-order valence-corrected chi connectivity index (χ1v) is 9.20. The zero-order chi connectivity index (χ0) is 16.8. The number of rotatable bonds is 6. The summed E-state index contributed by atoms with van der Waals surface area (Å²) in [6.45, 7) is 13.1. The van der Waals surface area contributed by atoms with Crippen LogP contribution in [0.3, 0.4) is 0 Å². The van der Waals surface area contributed by atoms with Crippen molar-refractivity contribution >= 4 is 0 Å². The van der Waals surface area contributed by atoms with Gasteiger partial charge in [-0.05, 0) is 19.9 Å². The maximum Gasteiger partial charge on any atom is 0.123 e. The summed E-state index contributed by atoms with van der Waals surface area (Å²) in [5, 5.41) is 3.54. The molecule has 2 saturated heterocycles. The van der Waals surface area contributed by atoms with Crippen molar-refractivity contribution in [3.63, 3.8) is 0 Å². The van der Waals surface area contributed by atoms with Crippen LogP contribution in [0.25, 0.3) is 0 Å². The highest BCUT2D eigenvalue weighted by atomic mass is 16.5. The lowest BCUT2D eigenvalue weighted by Crippen LogP contribution is -2.53. The average molecular weight is 333 g/mol. The van der Waals surface area contributed by atoms with Gasteiger partial charge in [0.25, 0.3) is 0 Å². The van der Waals surface area contributed by atoms with Crippen molar-refractivity contribution in [3.8, 4) is 5.75 Å². The lowest BCUT2D eigenvalue weighted by molar-refractivity contribution is 0.0321. The van der Waals surface area contributed by atoms with E-state index in [0.29, 0.717) is 12.1 Å². The van der Waals surface area contributed by atoms with E-state index in [1.807, 2.05) is 0 Å². The van der Waals surface area contributed by atoms with Crippen LogP contribution in [0.5, 0.6) is 5.75 Å². The van der Waals surface area contributed by atoms with Crippen molar-refractivity contribution in [3.05, 3.63) is 29.8 Å². The third kappa shape index (κ3) is 4.93. The van der Waals surface area contributed by atoms with Crippen molar-refractivity contribution in [1.29, 1.82) is 0 Å². The van der Waals surface area contributed by atoms with E-state index in [-0.39, 0.29) is 0 Å². The molecule has 2 fully saturated rings. The number of nitrogens with one attached hydrogen (secondary N) is 1. The molecule has 0 saturated carbocycles. The second-order valence-electron chi connectivity index (χ2n) is 7.00. The molecule has 0 spiro atoms. The van der Waals surface area contributed by atoms with Crippen LogP contribution >= 0.6 is 0 Å². The third-order valence-corrected chi connectivity index (χ3v) is 5.01. The second kappa shape index (κ2) is 8.81. The van der Waals surface area contributed by atoms with Crippen LogP contribution < -0.4 is 10.1 Å². The van der Waals surface area contributed by atoms with Crippen LogP contribution in [-0.2, 0) is 11.3 Å². The van der Waals surface area contributed by atoms with Gasteiger partial charge in [0.05, 0.1) is 13.2 Å². The van der Waals surface area contributed by atoms with E-state index >= 15 is 0 Å². The summed E-state index contributed by atoms with van der Waals surface area (Å²) in [4.78, 5) is 4.96. The molecule has 3 rings (SSSR count). The second-order valence-corrected chi connectivity index (χ2v) is 7.00. The van der Waals surface area contributed by atoms with Gasteiger partial charge in [-0.2, -0.15) is 0 Å². The molecule has 2 atom stereocenters. The third-order valence-electron chi connectivity index (χ3n) is 5.01. The summed E-state index contributed by atoms with van der Waals surface area (Å²) in [6.07, 6.45) is 0. The minimum absolute atomic E-state index is 0.551. The molecule has 0 amide bonds. The topological polar surface area (TPSA) is 37.0 Å². The van der Waals surface area contributed by atoms with Crippen LogP contribution in [-0.4, -0.2) is 74.4 Å². The van der Waals surface area contributed by atoms with Crippen molar-refractivity contribution in [2.45, 2.75) is 32.5 Å². The zero-order valence-corrected chi connectivity index (χ0v) is 15.0. The SMILES string of the molecule is C[C@@H]1CN(Cc2ccccc2OCCN2CCOCC2)[C@@H](C)CN1. The van der Waals surface area contributed by atoms with Gasteiger partial charge in [0.15, 0.2) is 0 Å². The molecule has 134 valence electrons. The highest BCUT2D eigenvalue weighted by Crippen LogP contribution is 2.22. The van der Waals surface area contributed by atoms with E-state index in [4.69, 9.17) is 9.47 Å². The first-order valence-electron chi connectivity index (χ1n) is 9.20. The first-order chi connectivity index (χ1) is 11.7. The molecule has 0 unspecified atom stereocenters. The minimum Gasteiger partial charge on any atom is -0.492 e. The lowest BCUT2D eigenvalue weighted by Gasteiger charge is -2.37. The summed E-state index contributed by atoms with van der Waals surface area (Å²) in [5.74, 6) is 1.03. The van der Waals surface area contributed by atoms with Crippen LogP contribution in [0.4, 0.5) is 0 Å². The molecule has 1 aromatic carbocycles. The molecular formula is C19H31N3O2. The molecule has 1 N–H and O–H groups in total. The fraction of sp³-hybridized carbons (Fsp3) is 0.684. The quantitative estimate of drug-likeness (QED) is 0.855. The van der Waals surface area contributed by atoms with Gasteiger partial charge in [-0.3, -0.25) is 9.80 Å². The molecule has 5 heteroatoms. The monoisotopic (exact) mass is 333 g/mol. The average Bonchev–Trinajstić information content (AvgIpc) is 2.60. The Bertz CT molecular complexity index is 505. The van der Waals surface area contributed by atoms with Gasteiger partial charge in [0.1, 0.15) is 12.4 Å². The fourth-order valence-corrected chi connectivity index (χ4v) is 3.42. The molecule has 0 aliphatic carbocycles. The zero-order valence-electron chi connectivity index (χ0n) is 15.0. The predicted octanol–water partition coefficient (Wildman–Crippen LogP) is 1.58. The smallest absolute Gasteiger partial charge is 0.123 e. The number of ether oxygens (including phenoxy) is 2. The normalized spacial score (nSPS) is 26.4. The number of morpholine rings is 1. The Balaban J connectivity index is 1.54. The number of para-hydroxylation sites is 1. The lowest BCUT2D eigenvalue weighted by atomic mass is 10.1. The van der Waals surface area contributed by atoms with Gasteiger partial charge < -0.3 is 14.8 Å². The van der Waals surface area contributed by atoms with E-state index in [1.165, 1.54) is 5.56 Å². The van der Waals surface area contributed by atoms with Crippen LogP contribution in [0.1, 0.15) is 19.4 Å². The highest BCUT2D eigenvalue weighted by molar-refractivity contribution is 5.33. The van der Waals surface area contributed by atoms with E-state index in [1.54, 1.807) is 0 Å². The molecule has 1 aromatic rings. The van der Waals surface area contributed by atoms with Gasteiger partial charge in [-0.25, -0.2) is 0 Å². The Morgan fingerprint density at radius 1 is 1.21 bits per heavy atom. The van der Waals surface area contributed by atoms with E-state index < -0.39 is 0 Å². The molecule has 2 aliphatic rings. The highest BCUT2D eigenvalue weighted by Gasteiger charge is 2.23. The summed E-state index contributed by atoms with van der Waals surface area (Å²) in [6, 6.07) is 9.59. The van der Waals surface area contributed by atoms with Crippen LogP contribution in [0, 0.1) is 0 Å². The van der Waals surface area contributed by atoms with Crippen LogP contribution in [0.15, 0.2) is 24.3 Å². The minimum atomic E-state index is 0.551. The van der Waals surface area contributed by atoms with Gasteiger partial charge in [-0.15, -0.1) is 0 Å². The molecule has 24 heavy (non-hydrogen) atoms. The molecule has 0 bridgehead atoms. The molecule has 0 aromatic heterocycles.